The van der Waals surface area contributed by atoms with Gasteiger partial charge in [-0.2, -0.15) is 13.2 Å². The Morgan fingerprint density at radius 1 is 1.12 bits per heavy atom. The molecule has 2 heterocycles. The number of carbonyl (C=O) groups is 2. The van der Waals surface area contributed by atoms with Crippen LogP contribution in [-0.2, 0) is 10.9 Å². The molecule has 3 rings (SSSR count). The number of benzene rings is 1. The van der Waals surface area contributed by atoms with Crippen LogP contribution in [0.1, 0.15) is 39.2 Å². The molecule has 1 aromatic carbocycles. The van der Waals surface area contributed by atoms with E-state index in [1.807, 2.05) is 0 Å². The van der Waals surface area contributed by atoms with Gasteiger partial charge in [-0.25, -0.2) is 14.6 Å². The summed E-state index contributed by atoms with van der Waals surface area (Å²) >= 11 is 0. The fourth-order valence-electron chi connectivity index (χ4n) is 3.32. The van der Waals surface area contributed by atoms with Crippen molar-refractivity contribution in [3.63, 3.8) is 0 Å². The molecule has 0 radical (unpaired) electrons. The van der Waals surface area contributed by atoms with Crippen LogP contribution >= 0.6 is 0 Å². The van der Waals surface area contributed by atoms with Crippen LogP contribution in [-0.4, -0.2) is 51.7 Å². The van der Waals surface area contributed by atoms with Gasteiger partial charge in [-0.3, -0.25) is 10.3 Å². The Bertz CT molecular complexity index is 990. The number of aromatic nitrogens is 2. The summed E-state index contributed by atoms with van der Waals surface area (Å²) in [6, 6.07) is 3.72. The Hall–Kier alpha value is -3.37. The average Bonchev–Trinajstić information content (AvgIpc) is 2.72. The van der Waals surface area contributed by atoms with Crippen molar-refractivity contribution < 1.29 is 27.5 Å². The van der Waals surface area contributed by atoms with E-state index in [0.29, 0.717) is 37.2 Å². The van der Waals surface area contributed by atoms with E-state index in [-0.39, 0.29) is 11.9 Å². The lowest BCUT2D eigenvalue weighted by Gasteiger charge is -2.34. The lowest BCUT2D eigenvalue weighted by Crippen LogP contribution is -2.51. The van der Waals surface area contributed by atoms with E-state index in [2.05, 4.69) is 20.6 Å². The molecule has 1 aliphatic heterocycles. The molecule has 0 saturated carbocycles. The quantitative estimate of drug-likeness (QED) is 0.686. The number of amides is 3. The van der Waals surface area contributed by atoms with Crippen molar-refractivity contribution in [2.24, 2.45) is 0 Å². The molecule has 8 nitrogen and oxygen atoms in total. The number of anilines is 1. The van der Waals surface area contributed by atoms with Crippen LogP contribution in [0.4, 0.5) is 28.6 Å². The van der Waals surface area contributed by atoms with E-state index >= 15 is 0 Å². The third-order valence-electron chi connectivity index (χ3n) is 4.79. The normalized spacial score (nSPS) is 16.8. The summed E-state index contributed by atoms with van der Waals surface area (Å²) in [5.41, 5.74) is -0.623. The highest BCUT2D eigenvalue weighted by molar-refractivity contribution is 5.88. The Morgan fingerprint density at radius 2 is 1.82 bits per heavy atom. The van der Waals surface area contributed by atoms with E-state index in [0.717, 1.165) is 12.1 Å². The van der Waals surface area contributed by atoms with Crippen molar-refractivity contribution >= 4 is 17.9 Å². The van der Waals surface area contributed by atoms with Gasteiger partial charge in [-0.1, -0.05) is 12.1 Å². The molecule has 11 heteroatoms. The highest BCUT2D eigenvalue weighted by Gasteiger charge is 2.30. The van der Waals surface area contributed by atoms with Gasteiger partial charge in [0.05, 0.1) is 23.7 Å². The molecule has 1 saturated heterocycles. The van der Waals surface area contributed by atoms with Crippen molar-refractivity contribution in [3.8, 4) is 11.3 Å². The van der Waals surface area contributed by atoms with Crippen LogP contribution in [0.25, 0.3) is 11.3 Å². The number of hydrogen-bond donors (Lipinski definition) is 2. The number of nitrogens with one attached hydrogen (secondary N) is 2. The summed E-state index contributed by atoms with van der Waals surface area (Å²) in [4.78, 5) is 34.5. The van der Waals surface area contributed by atoms with Crippen molar-refractivity contribution in [1.29, 1.82) is 0 Å². The number of urea groups is 1. The zero-order chi connectivity index (χ0) is 24.2. The topological polar surface area (TPSA) is 96.5 Å². The van der Waals surface area contributed by atoms with Gasteiger partial charge in [-0.15, -0.1) is 0 Å². The molecule has 0 bridgehead atoms. The van der Waals surface area contributed by atoms with Gasteiger partial charge in [0.1, 0.15) is 5.60 Å². The van der Waals surface area contributed by atoms with Crippen LogP contribution in [0, 0.1) is 0 Å². The van der Waals surface area contributed by atoms with Crippen molar-refractivity contribution in [3.05, 3.63) is 42.2 Å². The zero-order valence-corrected chi connectivity index (χ0v) is 18.6. The SMILES string of the molecule is CC(C)(C)OC(=O)N1CCC[C@H](NC(=O)Nc2cncc(-c3ccc(C(F)(F)F)cc3)n2)C1. The summed E-state index contributed by atoms with van der Waals surface area (Å²) in [6.07, 6.45) is -0.710. The first kappa shape index (κ1) is 24.3. The summed E-state index contributed by atoms with van der Waals surface area (Å²) < 4.78 is 43.6. The molecule has 1 fully saturated rings. The molecule has 1 aromatic heterocycles. The number of hydrogen-bond acceptors (Lipinski definition) is 5. The maximum atomic E-state index is 12.8. The van der Waals surface area contributed by atoms with E-state index < -0.39 is 29.5 Å². The first-order valence-corrected chi connectivity index (χ1v) is 10.5. The monoisotopic (exact) mass is 465 g/mol. The lowest BCUT2D eigenvalue weighted by atomic mass is 10.1. The number of likely N-dealkylation sites (tertiary alicyclic amines) is 1. The Labute approximate surface area is 189 Å². The summed E-state index contributed by atoms with van der Waals surface area (Å²) in [6.45, 7) is 6.24. The third-order valence-corrected chi connectivity index (χ3v) is 4.79. The van der Waals surface area contributed by atoms with Gasteiger partial charge in [0.2, 0.25) is 0 Å². The minimum atomic E-state index is -4.43. The number of nitrogens with zero attached hydrogens (tertiary/aromatic N) is 3. The number of alkyl halides is 3. The van der Waals surface area contributed by atoms with E-state index in [4.69, 9.17) is 4.74 Å². The summed E-state index contributed by atoms with van der Waals surface area (Å²) in [5, 5.41) is 5.39. The standard InChI is InChI=1S/C22H26F3N5O3/c1-21(2,3)33-20(32)30-10-4-5-16(13-30)27-19(31)29-18-12-26-11-17(28-18)14-6-8-15(9-7-14)22(23,24)25/h6-9,11-12,16H,4-5,10,13H2,1-3H3,(H2,27,28,29,31)/t16-/m0/s1. The van der Waals surface area contributed by atoms with E-state index in [1.54, 1.807) is 25.7 Å². The Kier molecular flexibility index (Phi) is 7.09. The summed E-state index contributed by atoms with van der Waals surface area (Å²) in [7, 11) is 0. The maximum absolute atomic E-state index is 12.8. The van der Waals surface area contributed by atoms with Crippen LogP contribution in [0.2, 0.25) is 0 Å². The van der Waals surface area contributed by atoms with Crippen LogP contribution in [0.5, 0.6) is 0 Å². The predicted octanol–water partition coefficient (Wildman–Crippen LogP) is 4.68. The van der Waals surface area contributed by atoms with E-state index in [1.165, 1.54) is 24.5 Å². The molecule has 1 atom stereocenters. The van der Waals surface area contributed by atoms with Crippen LogP contribution < -0.4 is 10.6 Å². The molecule has 2 N–H and O–H groups in total. The number of ether oxygens (including phenoxy) is 1. The molecule has 2 aromatic rings. The first-order chi connectivity index (χ1) is 15.4. The maximum Gasteiger partial charge on any atom is 0.416 e. The molecule has 3 amide bonds. The molecule has 1 aliphatic rings. The molecular weight excluding hydrogens is 439 g/mol. The number of rotatable bonds is 3. The Morgan fingerprint density at radius 3 is 2.45 bits per heavy atom. The molecule has 33 heavy (non-hydrogen) atoms. The second-order valence-electron chi connectivity index (χ2n) is 8.73. The molecule has 0 unspecified atom stereocenters. The lowest BCUT2D eigenvalue weighted by molar-refractivity contribution is -0.137. The van der Waals surface area contributed by atoms with Crippen molar-refractivity contribution in [2.75, 3.05) is 18.4 Å². The number of carbonyl (C=O) groups excluding carboxylic acids is 2. The molecule has 178 valence electrons. The second-order valence-corrected chi connectivity index (χ2v) is 8.73. The largest absolute Gasteiger partial charge is 0.444 e. The highest BCUT2D eigenvalue weighted by atomic mass is 19.4. The number of halogens is 3. The van der Waals surface area contributed by atoms with Gasteiger partial charge >= 0.3 is 18.3 Å². The predicted molar refractivity (Wildman–Crippen MR) is 115 cm³/mol. The molecular formula is C22H26F3N5O3. The fourth-order valence-corrected chi connectivity index (χ4v) is 3.32. The number of piperidine rings is 1. The van der Waals surface area contributed by atoms with Crippen LogP contribution in [0.15, 0.2) is 36.7 Å². The van der Waals surface area contributed by atoms with Gasteiger partial charge in [-0.05, 0) is 45.7 Å². The first-order valence-electron chi connectivity index (χ1n) is 10.5. The minimum absolute atomic E-state index is 0.143. The van der Waals surface area contributed by atoms with Gasteiger partial charge in [0.25, 0.3) is 0 Å². The van der Waals surface area contributed by atoms with Crippen LogP contribution in [0.3, 0.4) is 0 Å². The second kappa shape index (κ2) is 9.63. The average molecular weight is 465 g/mol. The molecule has 0 aliphatic carbocycles. The smallest absolute Gasteiger partial charge is 0.416 e. The van der Waals surface area contributed by atoms with Gasteiger partial charge in [0.15, 0.2) is 5.82 Å². The van der Waals surface area contributed by atoms with Gasteiger partial charge < -0.3 is 15.0 Å². The minimum Gasteiger partial charge on any atom is -0.444 e. The zero-order valence-electron chi connectivity index (χ0n) is 18.6. The summed E-state index contributed by atoms with van der Waals surface area (Å²) in [5.74, 6) is 0.143. The van der Waals surface area contributed by atoms with Crippen molar-refractivity contribution in [2.45, 2.75) is 51.4 Å². The molecule has 0 spiro atoms. The Balaban J connectivity index is 1.59. The van der Waals surface area contributed by atoms with Crippen molar-refractivity contribution in [1.82, 2.24) is 20.2 Å². The highest BCUT2D eigenvalue weighted by Crippen LogP contribution is 2.30. The van der Waals surface area contributed by atoms with E-state index in [9.17, 15) is 22.8 Å². The third kappa shape index (κ3) is 7.06. The van der Waals surface area contributed by atoms with Gasteiger partial charge in [0, 0.05) is 24.7 Å². The fraction of sp³-hybridized carbons (Fsp3) is 0.455.